The van der Waals surface area contributed by atoms with Crippen LogP contribution in [-0.2, 0) is 9.84 Å². The first kappa shape index (κ1) is 16.0. The van der Waals surface area contributed by atoms with E-state index in [1.165, 1.54) is 12.1 Å². The van der Waals surface area contributed by atoms with Crippen LogP contribution in [0.4, 0.5) is 5.69 Å². The molecule has 0 bridgehead atoms. The van der Waals surface area contributed by atoms with E-state index >= 15 is 0 Å². The van der Waals surface area contributed by atoms with Crippen molar-refractivity contribution in [3.63, 3.8) is 0 Å². The first-order valence-electron chi connectivity index (χ1n) is 8.32. The molecule has 0 unspecified atom stereocenters. The fourth-order valence-corrected chi connectivity index (χ4v) is 5.51. The van der Waals surface area contributed by atoms with E-state index in [0.29, 0.717) is 29.7 Å². The van der Waals surface area contributed by atoms with Crippen LogP contribution in [0.1, 0.15) is 46.4 Å². The Hall–Kier alpha value is -2.47. The van der Waals surface area contributed by atoms with Crippen molar-refractivity contribution in [2.24, 2.45) is 0 Å². The van der Waals surface area contributed by atoms with Gasteiger partial charge < -0.3 is 0 Å². The standard InChI is InChI=1S/C19H17NO4S/c21-18-16-10-3-4-11-17(16)19(22)20(18)13-6-5-9-15(12-13)25(23,24)14-7-1-2-8-14/h3-6,9-12,14H,1-2,7-8H2. The minimum Gasteiger partial charge on any atom is -0.268 e. The highest BCUT2D eigenvalue weighted by Gasteiger charge is 2.37. The minimum absolute atomic E-state index is 0.174. The fourth-order valence-electron chi connectivity index (χ4n) is 3.61. The van der Waals surface area contributed by atoms with Gasteiger partial charge in [-0.1, -0.05) is 31.0 Å². The lowest BCUT2D eigenvalue weighted by molar-refractivity contribution is 0.0926. The molecule has 6 heteroatoms. The van der Waals surface area contributed by atoms with Gasteiger partial charge in [0.05, 0.1) is 27.0 Å². The third kappa shape index (κ3) is 2.48. The molecule has 0 spiro atoms. The number of hydrogen-bond donors (Lipinski definition) is 0. The van der Waals surface area contributed by atoms with Crippen molar-refractivity contribution in [1.82, 2.24) is 0 Å². The molecule has 0 radical (unpaired) electrons. The monoisotopic (exact) mass is 355 g/mol. The number of amides is 2. The summed E-state index contributed by atoms with van der Waals surface area (Å²) in [6, 6.07) is 12.8. The van der Waals surface area contributed by atoms with Crippen molar-refractivity contribution in [3.05, 3.63) is 59.7 Å². The van der Waals surface area contributed by atoms with Crippen LogP contribution in [0.15, 0.2) is 53.4 Å². The Morgan fingerprint density at radius 3 is 2.04 bits per heavy atom. The quantitative estimate of drug-likeness (QED) is 0.793. The Bertz CT molecular complexity index is 939. The van der Waals surface area contributed by atoms with Gasteiger partial charge in [0.2, 0.25) is 0 Å². The highest BCUT2D eigenvalue weighted by molar-refractivity contribution is 7.92. The summed E-state index contributed by atoms with van der Waals surface area (Å²) in [7, 11) is -3.44. The van der Waals surface area contributed by atoms with Crippen LogP contribution < -0.4 is 4.90 Å². The molecule has 2 aromatic carbocycles. The molecule has 128 valence electrons. The van der Waals surface area contributed by atoms with E-state index in [0.717, 1.165) is 17.7 Å². The minimum atomic E-state index is -3.44. The van der Waals surface area contributed by atoms with Crippen molar-refractivity contribution in [3.8, 4) is 0 Å². The van der Waals surface area contributed by atoms with E-state index in [1.807, 2.05) is 0 Å². The molecule has 0 aromatic heterocycles. The van der Waals surface area contributed by atoms with Crippen LogP contribution in [-0.4, -0.2) is 25.5 Å². The van der Waals surface area contributed by atoms with Crippen molar-refractivity contribution < 1.29 is 18.0 Å². The molecule has 1 aliphatic carbocycles. The largest absolute Gasteiger partial charge is 0.268 e. The normalized spacial score (nSPS) is 18.0. The highest BCUT2D eigenvalue weighted by Crippen LogP contribution is 2.33. The molecule has 2 amide bonds. The van der Waals surface area contributed by atoms with Crippen molar-refractivity contribution in [1.29, 1.82) is 0 Å². The molecule has 2 aliphatic rings. The lowest BCUT2D eigenvalue weighted by Crippen LogP contribution is -2.29. The molecular formula is C19H17NO4S. The number of anilines is 1. The third-order valence-electron chi connectivity index (χ3n) is 4.94. The topological polar surface area (TPSA) is 71.5 Å². The average molecular weight is 355 g/mol. The molecule has 0 saturated heterocycles. The number of nitrogens with zero attached hydrogens (tertiary/aromatic N) is 1. The second-order valence-corrected chi connectivity index (χ2v) is 8.67. The number of hydrogen-bond acceptors (Lipinski definition) is 4. The lowest BCUT2D eigenvalue weighted by Gasteiger charge is -2.16. The van der Waals surface area contributed by atoms with Gasteiger partial charge in [0.25, 0.3) is 11.8 Å². The summed E-state index contributed by atoms with van der Waals surface area (Å²) in [6.45, 7) is 0. The van der Waals surface area contributed by atoms with Crippen LogP contribution in [0.5, 0.6) is 0 Å². The summed E-state index contributed by atoms with van der Waals surface area (Å²) in [5.74, 6) is -0.841. The van der Waals surface area contributed by atoms with Crippen LogP contribution in [0.2, 0.25) is 0 Å². The zero-order valence-electron chi connectivity index (χ0n) is 13.5. The molecule has 0 atom stereocenters. The summed E-state index contributed by atoms with van der Waals surface area (Å²) in [6.07, 6.45) is 3.17. The second kappa shape index (κ2) is 5.81. The van der Waals surface area contributed by atoms with E-state index in [2.05, 4.69) is 0 Å². The zero-order valence-corrected chi connectivity index (χ0v) is 14.3. The maximum atomic E-state index is 12.8. The predicted molar refractivity (Wildman–Crippen MR) is 93.5 cm³/mol. The van der Waals surface area contributed by atoms with Gasteiger partial charge in [-0.25, -0.2) is 13.3 Å². The Morgan fingerprint density at radius 2 is 1.44 bits per heavy atom. The fraction of sp³-hybridized carbons (Fsp3) is 0.263. The van der Waals surface area contributed by atoms with Crippen LogP contribution in [0.25, 0.3) is 0 Å². The second-order valence-electron chi connectivity index (χ2n) is 6.44. The average Bonchev–Trinajstić information content (AvgIpc) is 3.24. The van der Waals surface area contributed by atoms with Gasteiger partial charge in [-0.3, -0.25) is 9.59 Å². The number of carbonyl (C=O) groups excluding carboxylic acids is 2. The Kier molecular flexibility index (Phi) is 3.72. The number of imide groups is 1. The zero-order chi connectivity index (χ0) is 17.6. The Labute approximate surface area is 146 Å². The van der Waals surface area contributed by atoms with Gasteiger partial charge in [-0.15, -0.1) is 0 Å². The molecular weight excluding hydrogens is 338 g/mol. The number of sulfone groups is 1. The van der Waals surface area contributed by atoms with Crippen LogP contribution in [0.3, 0.4) is 0 Å². The molecule has 0 N–H and O–H groups in total. The molecule has 4 rings (SSSR count). The van der Waals surface area contributed by atoms with Crippen molar-refractivity contribution >= 4 is 27.3 Å². The maximum absolute atomic E-state index is 12.8. The molecule has 1 aliphatic heterocycles. The molecule has 1 heterocycles. The van der Waals surface area contributed by atoms with Gasteiger partial charge in [0.15, 0.2) is 9.84 Å². The first-order chi connectivity index (χ1) is 12.0. The molecule has 2 aromatic rings. The molecule has 1 saturated carbocycles. The maximum Gasteiger partial charge on any atom is 0.266 e. The number of carbonyl (C=O) groups is 2. The van der Waals surface area contributed by atoms with Crippen LogP contribution in [0, 0.1) is 0 Å². The Morgan fingerprint density at radius 1 is 0.840 bits per heavy atom. The van der Waals surface area contributed by atoms with Gasteiger partial charge in [-0.2, -0.15) is 0 Å². The first-order valence-corrected chi connectivity index (χ1v) is 9.86. The predicted octanol–water partition coefficient (Wildman–Crippen LogP) is 3.20. The van der Waals surface area contributed by atoms with E-state index in [9.17, 15) is 18.0 Å². The lowest BCUT2D eigenvalue weighted by atomic mass is 10.1. The number of benzene rings is 2. The van der Waals surface area contributed by atoms with Gasteiger partial charge >= 0.3 is 0 Å². The van der Waals surface area contributed by atoms with Gasteiger partial charge in [0, 0.05) is 0 Å². The Balaban J connectivity index is 1.74. The van der Waals surface area contributed by atoms with E-state index in [4.69, 9.17) is 0 Å². The van der Waals surface area contributed by atoms with E-state index in [1.54, 1.807) is 36.4 Å². The van der Waals surface area contributed by atoms with E-state index < -0.39 is 21.7 Å². The van der Waals surface area contributed by atoms with Gasteiger partial charge in [0.1, 0.15) is 0 Å². The van der Waals surface area contributed by atoms with Crippen molar-refractivity contribution in [2.45, 2.75) is 35.8 Å². The summed E-state index contributed by atoms with van der Waals surface area (Å²) in [5, 5.41) is -0.370. The smallest absolute Gasteiger partial charge is 0.266 e. The van der Waals surface area contributed by atoms with Crippen LogP contribution >= 0.6 is 0 Å². The molecule has 25 heavy (non-hydrogen) atoms. The summed E-state index contributed by atoms with van der Waals surface area (Å²) in [4.78, 5) is 26.4. The number of fused-ring (bicyclic) bond motifs is 1. The molecule has 5 nitrogen and oxygen atoms in total. The highest BCUT2D eigenvalue weighted by atomic mass is 32.2. The SMILES string of the molecule is O=C1c2ccccc2C(=O)N1c1cccc(S(=O)(=O)C2CCCC2)c1. The van der Waals surface area contributed by atoms with Gasteiger partial charge in [-0.05, 0) is 43.2 Å². The molecule has 1 fully saturated rings. The third-order valence-corrected chi connectivity index (χ3v) is 7.20. The van der Waals surface area contributed by atoms with Crippen molar-refractivity contribution in [2.75, 3.05) is 4.90 Å². The van der Waals surface area contributed by atoms with E-state index in [-0.39, 0.29) is 10.1 Å². The summed E-state index contributed by atoms with van der Waals surface area (Å²) in [5.41, 5.74) is 0.985. The summed E-state index contributed by atoms with van der Waals surface area (Å²) < 4.78 is 25.6. The number of rotatable bonds is 3. The summed E-state index contributed by atoms with van der Waals surface area (Å²) >= 11 is 0.